The van der Waals surface area contributed by atoms with Crippen LogP contribution in [-0.2, 0) is 21.0 Å². The molecule has 3 saturated carbocycles. The van der Waals surface area contributed by atoms with Gasteiger partial charge in [0.25, 0.3) is 5.91 Å². The third kappa shape index (κ3) is 5.95. The fourth-order valence-electron chi connectivity index (χ4n) is 8.00. The monoisotopic (exact) mass is 620 g/mol. The van der Waals surface area contributed by atoms with Crippen LogP contribution in [0.4, 0.5) is 5.69 Å². The number of benzene rings is 2. The van der Waals surface area contributed by atoms with Crippen LogP contribution < -0.4 is 20.3 Å². The lowest BCUT2D eigenvalue weighted by Gasteiger charge is -2.62. The minimum atomic E-state index is -0.914. The number of nitrogens with one attached hydrogen (secondary N) is 2. The summed E-state index contributed by atoms with van der Waals surface area (Å²) in [6.45, 7) is 8.06. The van der Waals surface area contributed by atoms with Gasteiger partial charge in [-0.25, -0.2) is 0 Å². The van der Waals surface area contributed by atoms with E-state index in [0.29, 0.717) is 29.1 Å². The van der Waals surface area contributed by atoms with E-state index in [1.54, 1.807) is 14.2 Å². The van der Waals surface area contributed by atoms with Crippen LogP contribution in [0.25, 0.3) is 11.1 Å². The zero-order chi connectivity index (χ0) is 32.8. The number of hydrogen-bond donors (Lipinski definition) is 3. The van der Waals surface area contributed by atoms with Gasteiger partial charge >= 0.3 is 0 Å². The number of nitrogens with zero attached hydrogens (tertiary/aromatic N) is 2. The van der Waals surface area contributed by atoms with Gasteiger partial charge in [-0.2, -0.15) is 5.06 Å². The van der Waals surface area contributed by atoms with E-state index in [-0.39, 0.29) is 42.2 Å². The van der Waals surface area contributed by atoms with Crippen molar-refractivity contribution in [3.8, 4) is 16.9 Å². The summed E-state index contributed by atoms with van der Waals surface area (Å²) in [5.74, 6) is 0.515. The Kier molecular flexibility index (Phi) is 9.31. The molecule has 1 aliphatic heterocycles. The number of methoxy groups -OCH3 is 1. The van der Waals surface area contributed by atoms with Crippen LogP contribution in [0.2, 0.25) is 0 Å². The lowest BCUT2D eigenvalue weighted by molar-refractivity contribution is -0.183. The molecule has 3 N–H and O–H groups in total. The molecular formula is C35H48N4O6. The lowest BCUT2D eigenvalue weighted by Crippen LogP contribution is -2.62. The Balaban J connectivity index is 1.47. The summed E-state index contributed by atoms with van der Waals surface area (Å²) in [5, 5.41) is 17.7. The topological polar surface area (TPSA) is 120 Å². The number of aliphatic hydroxyl groups excluding tert-OH is 1. The lowest BCUT2D eigenvalue weighted by atomic mass is 9.45. The molecule has 2 aromatic rings. The summed E-state index contributed by atoms with van der Waals surface area (Å²) in [7, 11) is 7.01. The van der Waals surface area contributed by atoms with Crippen molar-refractivity contribution in [1.82, 2.24) is 15.7 Å². The van der Waals surface area contributed by atoms with Crippen molar-refractivity contribution in [2.75, 3.05) is 39.8 Å². The highest BCUT2D eigenvalue weighted by molar-refractivity contribution is 5.97. The fraction of sp³-hybridized carbons (Fsp3) is 0.571. The van der Waals surface area contributed by atoms with Gasteiger partial charge in [0.05, 0.1) is 26.2 Å². The van der Waals surface area contributed by atoms with Crippen molar-refractivity contribution in [3.63, 3.8) is 0 Å². The number of fused-ring (bicyclic) bond motifs is 2. The Morgan fingerprint density at radius 1 is 1.16 bits per heavy atom. The minimum absolute atomic E-state index is 0.0215. The highest BCUT2D eigenvalue weighted by atomic mass is 16.7. The zero-order valence-electron chi connectivity index (χ0n) is 27.7. The van der Waals surface area contributed by atoms with E-state index < -0.39 is 18.1 Å². The Labute approximate surface area is 266 Å². The molecule has 4 fully saturated rings. The van der Waals surface area contributed by atoms with Crippen molar-refractivity contribution in [1.29, 1.82) is 0 Å². The second-order valence-corrected chi connectivity index (χ2v) is 13.8. The number of Topliss-reactive ketones (excluding diaryl/α,β-unsaturated/α-hetero) is 1. The quantitative estimate of drug-likeness (QED) is 0.368. The summed E-state index contributed by atoms with van der Waals surface area (Å²) in [6.07, 6.45) is 1.27. The molecule has 0 spiro atoms. The highest BCUT2D eigenvalue weighted by Crippen LogP contribution is 2.61. The van der Waals surface area contributed by atoms with Gasteiger partial charge in [-0.1, -0.05) is 39.0 Å². The number of hydroxylamine groups is 2. The standard InChI is InChI=1S/C35H48N4O6/c1-19-27-15-24(35(27,3)4)16-28(19)37-34(43)31-30(20(2)41)29(18-40)45-39(31)17-21-10-9-11-26(32(21)44-8)22-12-23(33(42)36-5)14-25(13-22)38(6)7/h9-14,19,24,27-31,40H,15-18H2,1-8H3,(H,36,42)(H,37,43)/t19-,24-,27+,28-,29-,30+,31-/m0/s1. The first-order valence-corrected chi connectivity index (χ1v) is 15.9. The van der Waals surface area contributed by atoms with Gasteiger partial charge in [-0.3, -0.25) is 19.2 Å². The van der Waals surface area contributed by atoms with Crippen molar-refractivity contribution >= 4 is 23.3 Å². The summed E-state index contributed by atoms with van der Waals surface area (Å²) in [5.41, 5.74) is 3.94. The van der Waals surface area contributed by atoms with E-state index in [4.69, 9.17) is 9.57 Å². The average molecular weight is 621 g/mol. The van der Waals surface area contributed by atoms with Crippen molar-refractivity contribution in [3.05, 3.63) is 47.5 Å². The van der Waals surface area contributed by atoms with Gasteiger partial charge in [-0.15, -0.1) is 0 Å². The van der Waals surface area contributed by atoms with Gasteiger partial charge in [0, 0.05) is 49.6 Å². The number of para-hydroxylation sites is 1. The maximum absolute atomic E-state index is 14.1. The number of carbonyl (C=O) groups is 3. The van der Waals surface area contributed by atoms with Crippen LogP contribution >= 0.6 is 0 Å². The predicted octanol–water partition coefficient (Wildman–Crippen LogP) is 3.66. The van der Waals surface area contributed by atoms with Gasteiger partial charge in [0.2, 0.25) is 5.91 Å². The molecule has 1 heterocycles. The molecule has 10 nitrogen and oxygen atoms in total. The molecule has 2 bridgehead atoms. The minimum Gasteiger partial charge on any atom is -0.496 e. The van der Waals surface area contributed by atoms with Crippen molar-refractivity contribution < 1.29 is 29.1 Å². The number of amides is 2. The highest BCUT2D eigenvalue weighted by Gasteiger charge is 2.57. The van der Waals surface area contributed by atoms with Crippen molar-refractivity contribution in [2.24, 2.45) is 29.1 Å². The van der Waals surface area contributed by atoms with Crippen LogP contribution in [0.15, 0.2) is 36.4 Å². The second kappa shape index (κ2) is 12.7. The SMILES string of the molecule is CNC(=O)c1cc(-c2cccc(CN3O[C@@H](CO)[C@@H](C(C)=O)[C@H]3C(=O)N[C@H]3C[C@@H]4C[C@H]([C@@H]3C)C4(C)C)c2OC)cc(N(C)C)c1. The van der Waals surface area contributed by atoms with E-state index >= 15 is 0 Å². The molecule has 0 radical (unpaired) electrons. The molecule has 0 unspecified atom stereocenters. The summed E-state index contributed by atoms with van der Waals surface area (Å²) in [6, 6.07) is 10.5. The average Bonchev–Trinajstić information content (AvgIpc) is 3.39. The molecule has 0 aromatic heterocycles. The molecule has 45 heavy (non-hydrogen) atoms. The maximum atomic E-state index is 14.1. The molecule has 7 atom stereocenters. The van der Waals surface area contributed by atoms with Crippen LogP contribution in [0.1, 0.15) is 56.5 Å². The number of hydrogen-bond acceptors (Lipinski definition) is 8. The number of ether oxygens (including phenoxy) is 1. The first-order valence-electron chi connectivity index (χ1n) is 15.9. The maximum Gasteiger partial charge on any atom is 0.251 e. The van der Waals surface area contributed by atoms with E-state index in [0.717, 1.165) is 28.8 Å². The van der Waals surface area contributed by atoms with Crippen molar-refractivity contribution in [2.45, 2.75) is 65.3 Å². The first-order chi connectivity index (χ1) is 21.3. The largest absolute Gasteiger partial charge is 0.496 e. The number of carbonyl (C=O) groups excluding carboxylic acids is 3. The van der Waals surface area contributed by atoms with Gasteiger partial charge in [-0.05, 0) is 66.7 Å². The third-order valence-corrected chi connectivity index (χ3v) is 10.8. The molecule has 1 saturated heterocycles. The summed E-state index contributed by atoms with van der Waals surface area (Å²) in [4.78, 5) is 47.7. The zero-order valence-corrected chi connectivity index (χ0v) is 27.7. The first kappa shape index (κ1) is 32.9. The number of anilines is 1. The third-order valence-electron chi connectivity index (χ3n) is 10.8. The smallest absolute Gasteiger partial charge is 0.251 e. The number of rotatable bonds is 10. The number of ketones is 1. The normalized spacial score (nSPS) is 28.6. The molecule has 6 rings (SSSR count). The predicted molar refractivity (Wildman–Crippen MR) is 173 cm³/mol. The molecule has 2 amide bonds. The van der Waals surface area contributed by atoms with Gasteiger partial charge < -0.3 is 25.4 Å². The molecule has 10 heteroatoms. The Hall–Kier alpha value is -3.47. The molecule has 2 aromatic carbocycles. The van der Waals surface area contributed by atoms with E-state index in [1.807, 2.05) is 55.4 Å². The molecular weight excluding hydrogens is 572 g/mol. The molecule has 4 aliphatic rings. The van der Waals surface area contributed by atoms with E-state index in [2.05, 4.69) is 31.4 Å². The summed E-state index contributed by atoms with van der Waals surface area (Å²) >= 11 is 0. The van der Waals surface area contributed by atoms with E-state index in [9.17, 15) is 19.5 Å². The Morgan fingerprint density at radius 3 is 2.47 bits per heavy atom. The van der Waals surface area contributed by atoms with Crippen LogP contribution in [0.3, 0.4) is 0 Å². The van der Waals surface area contributed by atoms with Crippen LogP contribution in [-0.4, -0.2) is 80.8 Å². The Bertz CT molecular complexity index is 1460. The molecule has 244 valence electrons. The van der Waals surface area contributed by atoms with Gasteiger partial charge in [0.1, 0.15) is 23.7 Å². The van der Waals surface area contributed by atoms with Gasteiger partial charge in [0.15, 0.2) is 0 Å². The van der Waals surface area contributed by atoms with Crippen LogP contribution in [0.5, 0.6) is 5.75 Å². The van der Waals surface area contributed by atoms with E-state index in [1.165, 1.54) is 18.4 Å². The van der Waals surface area contributed by atoms with Crippen LogP contribution in [0, 0.1) is 29.1 Å². The Morgan fingerprint density at radius 2 is 1.89 bits per heavy atom. The summed E-state index contributed by atoms with van der Waals surface area (Å²) < 4.78 is 5.95. The second-order valence-electron chi connectivity index (χ2n) is 13.8. The number of aliphatic hydroxyl groups is 1. The fourth-order valence-corrected chi connectivity index (χ4v) is 8.00. The molecule has 3 aliphatic carbocycles.